The number of rotatable bonds is 9. The fourth-order valence-corrected chi connectivity index (χ4v) is 2.65. The van der Waals surface area contributed by atoms with Crippen LogP contribution in [-0.2, 0) is 6.54 Å². The molecular weight excluding hydrogens is 292 g/mol. The number of carbonyl (C=O) groups is 1. The maximum Gasteiger partial charge on any atom is 0.271 e. The van der Waals surface area contributed by atoms with Crippen molar-refractivity contribution in [3.05, 3.63) is 27.0 Å². The lowest BCUT2D eigenvalue weighted by Gasteiger charge is -2.15. The van der Waals surface area contributed by atoms with Gasteiger partial charge in [-0.05, 0) is 25.3 Å². The summed E-state index contributed by atoms with van der Waals surface area (Å²) in [7, 11) is 0. The van der Waals surface area contributed by atoms with E-state index in [2.05, 4.69) is 6.92 Å². The highest BCUT2D eigenvalue weighted by Crippen LogP contribution is 2.24. The molecule has 0 atom stereocenters. The number of hydrogen-bond donors (Lipinski definition) is 1. The summed E-state index contributed by atoms with van der Waals surface area (Å²) in [5, 5.41) is 19.7. The molecule has 0 fully saturated rings. The second-order valence-electron chi connectivity index (χ2n) is 5.85. The Hall–Kier alpha value is -2.09. The Kier molecular flexibility index (Phi) is 7.53. The molecule has 0 bridgehead atoms. The first-order valence-electron chi connectivity index (χ1n) is 8.39. The van der Waals surface area contributed by atoms with Gasteiger partial charge in [0.1, 0.15) is 11.6 Å². The first-order valence-corrected chi connectivity index (χ1v) is 8.39. The topological polar surface area (TPSA) is 83.1 Å². The maximum absolute atomic E-state index is 12.4. The van der Waals surface area contributed by atoms with Gasteiger partial charge in [-0.25, -0.2) is 0 Å². The van der Waals surface area contributed by atoms with Crippen LogP contribution in [0.3, 0.4) is 0 Å². The minimum atomic E-state index is -0.508. The van der Waals surface area contributed by atoms with E-state index in [1.54, 1.807) is 6.92 Å². The number of hydrogen-bond acceptors (Lipinski definition) is 4. The first-order chi connectivity index (χ1) is 11.0. The summed E-state index contributed by atoms with van der Waals surface area (Å²) in [6, 6.07) is 1.89. The SMILES string of the molecule is CCCCCCn1c(O)c(C(=O)CCCC)c(C)c(C#N)c1=O. The lowest BCUT2D eigenvalue weighted by atomic mass is 9.98. The summed E-state index contributed by atoms with van der Waals surface area (Å²) in [5.74, 6) is -0.496. The van der Waals surface area contributed by atoms with Crippen molar-refractivity contribution in [1.29, 1.82) is 5.26 Å². The normalized spacial score (nSPS) is 10.5. The van der Waals surface area contributed by atoms with Crippen molar-refractivity contribution in [2.45, 2.75) is 72.3 Å². The molecule has 0 aliphatic carbocycles. The third-order valence-corrected chi connectivity index (χ3v) is 4.07. The highest BCUT2D eigenvalue weighted by atomic mass is 16.3. The number of carbonyl (C=O) groups excluding carboxylic acids is 1. The van der Waals surface area contributed by atoms with Crippen LogP contribution in [0.5, 0.6) is 5.88 Å². The molecule has 1 N–H and O–H groups in total. The van der Waals surface area contributed by atoms with Crippen molar-refractivity contribution in [3.63, 3.8) is 0 Å². The van der Waals surface area contributed by atoms with E-state index in [1.165, 1.54) is 4.57 Å². The van der Waals surface area contributed by atoms with Crippen LogP contribution in [0.1, 0.15) is 80.3 Å². The second-order valence-corrected chi connectivity index (χ2v) is 5.85. The Bertz CT molecular complexity index is 654. The zero-order chi connectivity index (χ0) is 17.4. The van der Waals surface area contributed by atoms with Gasteiger partial charge in [-0.15, -0.1) is 0 Å². The molecule has 0 saturated heterocycles. The third kappa shape index (κ3) is 4.44. The fraction of sp³-hybridized carbons (Fsp3) is 0.611. The predicted octanol–water partition coefficient (Wildman–Crippen LogP) is 3.69. The Morgan fingerprint density at radius 2 is 1.83 bits per heavy atom. The number of ketones is 1. The maximum atomic E-state index is 12.4. The van der Waals surface area contributed by atoms with E-state index < -0.39 is 5.56 Å². The lowest BCUT2D eigenvalue weighted by Crippen LogP contribution is -2.26. The van der Waals surface area contributed by atoms with Gasteiger partial charge in [0, 0.05) is 13.0 Å². The second kappa shape index (κ2) is 9.14. The summed E-state index contributed by atoms with van der Waals surface area (Å²) in [6.45, 7) is 5.96. The van der Waals surface area contributed by atoms with Crippen LogP contribution < -0.4 is 5.56 Å². The molecule has 0 radical (unpaired) electrons. The number of nitriles is 1. The molecule has 5 heteroatoms. The van der Waals surface area contributed by atoms with Crippen LogP contribution in [-0.4, -0.2) is 15.5 Å². The van der Waals surface area contributed by atoms with Crippen molar-refractivity contribution < 1.29 is 9.90 Å². The zero-order valence-corrected chi connectivity index (χ0v) is 14.3. The molecule has 1 rings (SSSR count). The zero-order valence-electron chi connectivity index (χ0n) is 14.3. The fourth-order valence-electron chi connectivity index (χ4n) is 2.65. The minimum absolute atomic E-state index is 0.0434. The molecule has 5 nitrogen and oxygen atoms in total. The van der Waals surface area contributed by atoms with Crippen molar-refractivity contribution in [3.8, 4) is 11.9 Å². The molecule has 1 aromatic heterocycles. The van der Waals surface area contributed by atoms with Crippen molar-refractivity contribution in [2.75, 3.05) is 0 Å². The molecule has 0 spiro atoms. The van der Waals surface area contributed by atoms with E-state index in [9.17, 15) is 20.0 Å². The van der Waals surface area contributed by atoms with Gasteiger partial charge in [-0.3, -0.25) is 14.2 Å². The van der Waals surface area contributed by atoms with E-state index in [4.69, 9.17) is 0 Å². The number of Topliss-reactive ketones (excluding diaryl/α,β-unsaturated/α-hetero) is 1. The standard InChI is InChI=1S/C18H26N2O3/c1-4-6-8-9-11-20-17(22)14(12-19)13(3)16(18(20)23)15(21)10-7-5-2/h23H,4-11H2,1-3H3. The number of pyridine rings is 1. The minimum Gasteiger partial charge on any atom is -0.494 e. The number of aromatic nitrogens is 1. The van der Waals surface area contributed by atoms with E-state index >= 15 is 0 Å². The van der Waals surface area contributed by atoms with Gasteiger partial charge in [0.2, 0.25) is 5.88 Å². The number of unbranched alkanes of at least 4 members (excludes halogenated alkanes) is 4. The van der Waals surface area contributed by atoms with E-state index in [1.807, 2.05) is 13.0 Å². The molecule has 1 aromatic rings. The van der Waals surface area contributed by atoms with Gasteiger partial charge in [-0.1, -0.05) is 39.5 Å². The Morgan fingerprint density at radius 3 is 2.39 bits per heavy atom. The Morgan fingerprint density at radius 1 is 1.17 bits per heavy atom. The Balaban J connectivity index is 3.27. The van der Waals surface area contributed by atoms with Gasteiger partial charge < -0.3 is 5.11 Å². The molecular formula is C18H26N2O3. The van der Waals surface area contributed by atoms with Crippen LogP contribution in [0.25, 0.3) is 0 Å². The van der Waals surface area contributed by atoms with Crippen LogP contribution >= 0.6 is 0 Å². The van der Waals surface area contributed by atoms with Crippen LogP contribution in [0.15, 0.2) is 4.79 Å². The highest BCUT2D eigenvalue weighted by molar-refractivity contribution is 5.99. The summed E-state index contributed by atoms with van der Waals surface area (Å²) < 4.78 is 1.18. The van der Waals surface area contributed by atoms with Gasteiger partial charge in [0.15, 0.2) is 5.78 Å². The van der Waals surface area contributed by atoms with Crippen LogP contribution in [0.2, 0.25) is 0 Å². The van der Waals surface area contributed by atoms with E-state index in [-0.39, 0.29) is 22.8 Å². The monoisotopic (exact) mass is 318 g/mol. The highest BCUT2D eigenvalue weighted by Gasteiger charge is 2.23. The average Bonchev–Trinajstić information content (AvgIpc) is 2.52. The summed E-state index contributed by atoms with van der Waals surface area (Å²) >= 11 is 0. The van der Waals surface area contributed by atoms with Gasteiger partial charge >= 0.3 is 0 Å². The average molecular weight is 318 g/mol. The lowest BCUT2D eigenvalue weighted by molar-refractivity contribution is 0.0974. The smallest absolute Gasteiger partial charge is 0.271 e. The predicted molar refractivity (Wildman–Crippen MR) is 89.8 cm³/mol. The van der Waals surface area contributed by atoms with Crippen molar-refractivity contribution in [2.24, 2.45) is 0 Å². The summed E-state index contributed by atoms with van der Waals surface area (Å²) in [4.78, 5) is 24.7. The number of nitrogens with zero attached hydrogens (tertiary/aromatic N) is 2. The van der Waals surface area contributed by atoms with Crippen LogP contribution in [0, 0.1) is 18.3 Å². The molecule has 126 valence electrons. The van der Waals surface area contributed by atoms with Gasteiger partial charge in [0.25, 0.3) is 5.56 Å². The molecule has 0 saturated carbocycles. The molecule has 23 heavy (non-hydrogen) atoms. The van der Waals surface area contributed by atoms with Crippen LogP contribution in [0.4, 0.5) is 0 Å². The third-order valence-electron chi connectivity index (χ3n) is 4.07. The molecule has 0 unspecified atom stereocenters. The van der Waals surface area contributed by atoms with Crippen molar-refractivity contribution in [1.82, 2.24) is 4.57 Å². The Labute approximate surface area is 137 Å². The van der Waals surface area contributed by atoms with Gasteiger partial charge in [0.05, 0.1) is 5.56 Å². The molecule has 1 heterocycles. The molecule has 0 amide bonds. The van der Waals surface area contributed by atoms with Crippen molar-refractivity contribution >= 4 is 5.78 Å². The van der Waals surface area contributed by atoms with E-state index in [0.717, 1.165) is 38.5 Å². The summed E-state index contributed by atoms with van der Waals surface area (Å²) in [6.07, 6.45) is 5.69. The molecule has 0 aliphatic heterocycles. The largest absolute Gasteiger partial charge is 0.494 e. The van der Waals surface area contributed by atoms with E-state index in [0.29, 0.717) is 18.5 Å². The van der Waals surface area contributed by atoms with Gasteiger partial charge in [-0.2, -0.15) is 5.26 Å². The molecule has 0 aliphatic rings. The molecule has 0 aromatic carbocycles. The number of aromatic hydroxyl groups is 1. The summed E-state index contributed by atoms with van der Waals surface area (Å²) in [5.41, 5.74) is -0.129. The first kappa shape index (κ1) is 19.0. The quantitative estimate of drug-likeness (QED) is 0.556.